The topological polar surface area (TPSA) is 24.8 Å². The monoisotopic (exact) mass is 400 g/mol. The summed E-state index contributed by atoms with van der Waals surface area (Å²) in [5, 5.41) is 0. The van der Waals surface area contributed by atoms with Gasteiger partial charge >= 0.3 is 0 Å². The van der Waals surface area contributed by atoms with Crippen LogP contribution in [0.5, 0.6) is 5.75 Å². The number of likely N-dealkylation sites (N-methyl/N-ethyl adjacent to an activating group) is 1. The van der Waals surface area contributed by atoms with E-state index in [-0.39, 0.29) is 0 Å². The molecule has 25 heavy (non-hydrogen) atoms. The van der Waals surface area contributed by atoms with Crippen LogP contribution in [0.25, 0.3) is 0 Å². The summed E-state index contributed by atoms with van der Waals surface area (Å²) in [6.07, 6.45) is 1.89. The highest BCUT2D eigenvalue weighted by Crippen LogP contribution is 2.26. The average molecular weight is 401 g/mol. The van der Waals surface area contributed by atoms with Crippen molar-refractivity contribution in [1.29, 1.82) is 0 Å². The molecule has 2 atom stereocenters. The van der Waals surface area contributed by atoms with Crippen LogP contribution in [0.4, 0.5) is 0 Å². The number of methoxy groups -OCH3 is 1. The van der Waals surface area contributed by atoms with Crippen molar-refractivity contribution >= 4 is 21.8 Å². The molecule has 0 aliphatic carbocycles. The fourth-order valence-electron chi connectivity index (χ4n) is 3.34. The Labute approximate surface area is 158 Å². The van der Waals surface area contributed by atoms with Gasteiger partial charge in [0.1, 0.15) is 11.6 Å². The highest BCUT2D eigenvalue weighted by Gasteiger charge is 2.28. The van der Waals surface area contributed by atoms with E-state index in [0.29, 0.717) is 12.1 Å². The molecular formula is C21H25BrN2O. The first-order valence-corrected chi connectivity index (χ1v) is 9.52. The van der Waals surface area contributed by atoms with Crippen molar-refractivity contribution in [2.75, 3.05) is 14.2 Å². The van der Waals surface area contributed by atoms with Gasteiger partial charge in [0, 0.05) is 23.1 Å². The zero-order valence-electron chi connectivity index (χ0n) is 15.3. The Kier molecular flexibility index (Phi) is 5.48. The summed E-state index contributed by atoms with van der Waals surface area (Å²) < 4.78 is 6.59. The SMILES string of the molecule is COc1ccc(Br)cc1CCc1ccccc1C1=NC(C)C(C)N1C. The standard InChI is InChI=1S/C21H25BrN2O/c1-14-15(2)24(3)21(23-14)19-8-6-5-7-16(19)9-10-17-13-18(22)11-12-20(17)25-4/h5-8,11-15H,9-10H2,1-4H3. The molecule has 1 aliphatic heterocycles. The Morgan fingerprint density at radius 1 is 1.08 bits per heavy atom. The van der Waals surface area contributed by atoms with Gasteiger partial charge in [-0.25, -0.2) is 0 Å². The lowest BCUT2D eigenvalue weighted by atomic mass is 9.98. The van der Waals surface area contributed by atoms with E-state index in [4.69, 9.17) is 9.73 Å². The summed E-state index contributed by atoms with van der Waals surface area (Å²) in [5.41, 5.74) is 3.79. The maximum atomic E-state index is 5.51. The van der Waals surface area contributed by atoms with Crippen molar-refractivity contribution in [3.8, 4) is 5.75 Å². The highest BCUT2D eigenvalue weighted by atomic mass is 79.9. The van der Waals surface area contributed by atoms with E-state index in [1.165, 1.54) is 16.7 Å². The Morgan fingerprint density at radius 2 is 1.80 bits per heavy atom. The predicted octanol–water partition coefficient (Wildman–Crippen LogP) is 4.71. The first-order valence-electron chi connectivity index (χ1n) is 8.72. The number of hydrogen-bond donors (Lipinski definition) is 0. The van der Waals surface area contributed by atoms with E-state index in [1.54, 1.807) is 7.11 Å². The van der Waals surface area contributed by atoms with Gasteiger partial charge in [-0.1, -0.05) is 40.2 Å². The quantitative estimate of drug-likeness (QED) is 0.725. The molecule has 2 aromatic carbocycles. The Hall–Kier alpha value is -1.81. The average Bonchev–Trinajstić information content (AvgIpc) is 2.87. The molecule has 4 heteroatoms. The molecule has 0 radical (unpaired) electrons. The highest BCUT2D eigenvalue weighted by molar-refractivity contribution is 9.10. The van der Waals surface area contributed by atoms with E-state index in [1.807, 2.05) is 12.1 Å². The van der Waals surface area contributed by atoms with Gasteiger partial charge < -0.3 is 9.64 Å². The van der Waals surface area contributed by atoms with Gasteiger partial charge in [0.15, 0.2) is 0 Å². The number of amidine groups is 1. The molecule has 1 aliphatic rings. The molecule has 3 nitrogen and oxygen atoms in total. The number of ether oxygens (including phenoxy) is 1. The van der Waals surface area contributed by atoms with Crippen molar-refractivity contribution in [1.82, 2.24) is 4.90 Å². The van der Waals surface area contributed by atoms with Gasteiger partial charge in [-0.3, -0.25) is 4.99 Å². The molecule has 1 heterocycles. The number of benzene rings is 2. The smallest absolute Gasteiger partial charge is 0.131 e. The van der Waals surface area contributed by atoms with Crippen LogP contribution >= 0.6 is 15.9 Å². The van der Waals surface area contributed by atoms with Crippen LogP contribution in [-0.2, 0) is 12.8 Å². The fraction of sp³-hybridized carbons (Fsp3) is 0.381. The third-order valence-corrected chi connectivity index (χ3v) is 5.63. The number of rotatable bonds is 5. The van der Waals surface area contributed by atoms with Crippen LogP contribution in [0.3, 0.4) is 0 Å². The molecule has 0 amide bonds. The summed E-state index contributed by atoms with van der Waals surface area (Å²) >= 11 is 3.56. The molecule has 2 aromatic rings. The third kappa shape index (κ3) is 3.74. The maximum Gasteiger partial charge on any atom is 0.131 e. The summed E-state index contributed by atoms with van der Waals surface area (Å²) in [7, 11) is 3.87. The van der Waals surface area contributed by atoms with Gasteiger partial charge in [0.2, 0.25) is 0 Å². The second-order valence-corrected chi connectivity index (χ2v) is 7.57. The number of nitrogens with zero attached hydrogens (tertiary/aromatic N) is 2. The van der Waals surface area contributed by atoms with Crippen LogP contribution in [-0.4, -0.2) is 37.0 Å². The lowest BCUT2D eigenvalue weighted by Crippen LogP contribution is -2.33. The molecule has 0 saturated carbocycles. The Balaban J connectivity index is 1.86. The molecule has 0 saturated heterocycles. The minimum atomic E-state index is 0.332. The van der Waals surface area contributed by atoms with Gasteiger partial charge in [-0.2, -0.15) is 0 Å². The minimum absolute atomic E-state index is 0.332. The summed E-state index contributed by atoms with van der Waals surface area (Å²) in [6, 6.07) is 15.6. The van der Waals surface area contributed by atoms with Crippen LogP contribution < -0.4 is 4.74 Å². The molecule has 3 rings (SSSR count). The van der Waals surface area contributed by atoms with Gasteiger partial charge in [-0.05, 0) is 56.0 Å². The molecule has 2 unspecified atom stereocenters. The van der Waals surface area contributed by atoms with E-state index < -0.39 is 0 Å². The molecule has 132 valence electrons. The van der Waals surface area contributed by atoms with E-state index in [0.717, 1.165) is 28.9 Å². The normalized spacial score (nSPS) is 19.9. The van der Waals surface area contributed by atoms with Crippen molar-refractivity contribution in [3.63, 3.8) is 0 Å². The predicted molar refractivity (Wildman–Crippen MR) is 108 cm³/mol. The summed E-state index contributed by atoms with van der Waals surface area (Å²) in [5.74, 6) is 2.05. The second-order valence-electron chi connectivity index (χ2n) is 6.66. The summed E-state index contributed by atoms with van der Waals surface area (Å²) in [6.45, 7) is 4.42. The molecule has 0 fully saturated rings. The zero-order valence-corrected chi connectivity index (χ0v) is 16.9. The molecule has 0 bridgehead atoms. The Bertz CT molecular complexity index is 787. The molecule has 0 N–H and O–H groups in total. The van der Waals surface area contributed by atoms with Crippen molar-refractivity contribution < 1.29 is 4.74 Å². The van der Waals surface area contributed by atoms with Crippen LogP contribution in [0.2, 0.25) is 0 Å². The minimum Gasteiger partial charge on any atom is -0.496 e. The maximum absolute atomic E-state index is 5.51. The van der Waals surface area contributed by atoms with Crippen LogP contribution in [0.15, 0.2) is 51.9 Å². The lowest BCUT2D eigenvalue weighted by Gasteiger charge is -2.23. The van der Waals surface area contributed by atoms with Crippen molar-refractivity contribution in [3.05, 3.63) is 63.6 Å². The largest absolute Gasteiger partial charge is 0.496 e. The lowest BCUT2D eigenvalue weighted by molar-refractivity contribution is 0.388. The van der Waals surface area contributed by atoms with Gasteiger partial charge in [0.05, 0.1) is 13.2 Å². The van der Waals surface area contributed by atoms with E-state index in [2.05, 4.69) is 72.1 Å². The first kappa shape index (κ1) is 18.0. The van der Waals surface area contributed by atoms with Crippen LogP contribution in [0.1, 0.15) is 30.5 Å². The molecule has 0 spiro atoms. The second kappa shape index (κ2) is 7.61. The molecule has 0 aromatic heterocycles. The number of aliphatic imine (C=N–C) groups is 1. The van der Waals surface area contributed by atoms with E-state index >= 15 is 0 Å². The van der Waals surface area contributed by atoms with Crippen molar-refractivity contribution in [2.24, 2.45) is 4.99 Å². The van der Waals surface area contributed by atoms with Crippen molar-refractivity contribution in [2.45, 2.75) is 38.8 Å². The van der Waals surface area contributed by atoms with E-state index in [9.17, 15) is 0 Å². The first-order chi connectivity index (χ1) is 12.0. The fourth-order valence-corrected chi connectivity index (χ4v) is 3.74. The van der Waals surface area contributed by atoms with Crippen LogP contribution in [0, 0.1) is 0 Å². The third-order valence-electron chi connectivity index (χ3n) is 5.13. The van der Waals surface area contributed by atoms with Gasteiger partial charge in [-0.15, -0.1) is 0 Å². The van der Waals surface area contributed by atoms with Gasteiger partial charge in [0.25, 0.3) is 0 Å². The number of aryl methyl sites for hydroxylation is 2. The Morgan fingerprint density at radius 3 is 2.48 bits per heavy atom. The number of hydrogen-bond acceptors (Lipinski definition) is 3. The summed E-state index contributed by atoms with van der Waals surface area (Å²) in [4.78, 5) is 7.19. The zero-order chi connectivity index (χ0) is 18.0. The molecular weight excluding hydrogens is 376 g/mol. The number of halogens is 1.